The molecule has 0 N–H and O–H groups in total. The molecule has 2 rings (SSSR count). The van der Waals surface area contributed by atoms with E-state index in [4.69, 9.17) is 4.43 Å². The third-order valence-electron chi connectivity index (χ3n) is 5.07. The van der Waals surface area contributed by atoms with Gasteiger partial charge in [0.25, 0.3) is 0 Å². The minimum absolute atomic E-state index is 0.258. The normalized spacial score (nSPS) is 14.2. The second-order valence-electron chi connectivity index (χ2n) is 9.36. The van der Waals surface area contributed by atoms with Crippen molar-refractivity contribution in [2.75, 3.05) is 6.54 Å². The molecule has 0 saturated heterocycles. The molecule has 0 aliphatic rings. The van der Waals surface area contributed by atoms with Crippen LogP contribution in [0.4, 0.5) is 0 Å². The zero-order valence-corrected chi connectivity index (χ0v) is 20.0. The van der Waals surface area contributed by atoms with Crippen LogP contribution in [-0.4, -0.2) is 25.9 Å². The van der Waals surface area contributed by atoms with Crippen molar-refractivity contribution in [2.24, 2.45) is 11.8 Å². The Morgan fingerprint density at radius 1 is 0.897 bits per heavy atom. The molecular weight excluding hydrogens is 370 g/mol. The maximum absolute atomic E-state index is 6.68. The molecule has 0 saturated carbocycles. The molecule has 2 atom stereocenters. The van der Waals surface area contributed by atoms with Gasteiger partial charge in [0.15, 0.2) is 8.32 Å². The van der Waals surface area contributed by atoms with E-state index in [1.807, 2.05) is 0 Å². The summed E-state index contributed by atoms with van der Waals surface area (Å²) in [5, 5.41) is 0. The highest BCUT2D eigenvalue weighted by Gasteiger charge is 2.31. The summed E-state index contributed by atoms with van der Waals surface area (Å²) >= 11 is 0. The Balaban J connectivity index is 2.24. The fourth-order valence-electron chi connectivity index (χ4n) is 3.91. The summed E-state index contributed by atoms with van der Waals surface area (Å²) in [5.74, 6) is 0.925. The van der Waals surface area contributed by atoms with E-state index in [0.29, 0.717) is 11.8 Å². The Labute approximate surface area is 179 Å². The molecule has 158 valence electrons. The third kappa shape index (κ3) is 8.69. The fourth-order valence-corrected chi connectivity index (χ4v) is 5.19. The van der Waals surface area contributed by atoms with Gasteiger partial charge in [0, 0.05) is 25.6 Å². The maximum Gasteiger partial charge on any atom is 0.184 e. The van der Waals surface area contributed by atoms with Crippen molar-refractivity contribution in [1.29, 1.82) is 0 Å². The highest BCUT2D eigenvalue weighted by atomic mass is 28.4. The highest BCUT2D eigenvalue weighted by Crippen LogP contribution is 2.26. The van der Waals surface area contributed by atoms with Gasteiger partial charge in [-0.15, -0.1) is 6.58 Å². The van der Waals surface area contributed by atoms with Crippen LogP contribution in [0.1, 0.15) is 31.4 Å². The van der Waals surface area contributed by atoms with Crippen LogP contribution in [-0.2, 0) is 17.5 Å². The average Bonchev–Trinajstić information content (AvgIpc) is 2.66. The first-order valence-corrected chi connectivity index (χ1v) is 14.3. The summed E-state index contributed by atoms with van der Waals surface area (Å²) < 4.78 is 6.68. The predicted molar refractivity (Wildman–Crippen MR) is 128 cm³/mol. The Bertz CT molecular complexity index is 667. The Kier molecular flexibility index (Phi) is 9.35. The van der Waals surface area contributed by atoms with Crippen molar-refractivity contribution in [2.45, 2.75) is 59.1 Å². The molecule has 0 radical (unpaired) electrons. The molecule has 2 aromatic carbocycles. The molecule has 0 aliphatic carbocycles. The van der Waals surface area contributed by atoms with Crippen LogP contribution in [0.3, 0.4) is 0 Å². The Hall–Kier alpha value is -1.68. The van der Waals surface area contributed by atoms with Gasteiger partial charge in [-0.2, -0.15) is 0 Å². The number of rotatable bonds is 12. The van der Waals surface area contributed by atoms with E-state index in [-0.39, 0.29) is 6.10 Å². The minimum Gasteiger partial charge on any atom is -0.414 e. The fraction of sp³-hybridized carbons (Fsp3) is 0.462. The lowest BCUT2D eigenvalue weighted by molar-refractivity contribution is 0.0557. The molecule has 0 amide bonds. The van der Waals surface area contributed by atoms with E-state index in [9.17, 15) is 0 Å². The molecule has 0 aliphatic heterocycles. The maximum atomic E-state index is 6.68. The zero-order chi connectivity index (χ0) is 21.3. The van der Waals surface area contributed by atoms with Gasteiger partial charge >= 0.3 is 0 Å². The van der Waals surface area contributed by atoms with Crippen molar-refractivity contribution in [3.63, 3.8) is 0 Å². The van der Waals surface area contributed by atoms with Gasteiger partial charge in [0.1, 0.15) is 0 Å². The molecule has 0 unspecified atom stereocenters. The summed E-state index contributed by atoms with van der Waals surface area (Å²) in [6, 6.07) is 21.6. The van der Waals surface area contributed by atoms with Gasteiger partial charge in [0.2, 0.25) is 0 Å². The zero-order valence-electron chi connectivity index (χ0n) is 19.0. The average molecular weight is 410 g/mol. The lowest BCUT2D eigenvalue weighted by atomic mass is 9.90. The Morgan fingerprint density at radius 3 is 1.76 bits per heavy atom. The van der Waals surface area contributed by atoms with Crippen molar-refractivity contribution in [1.82, 2.24) is 4.90 Å². The standard InChI is InChI=1S/C26H39NOSi/c1-7-14-25(26(22(2)3)28-29(4,5)6)21-27(19-23-15-10-8-11-16-23)20-24-17-12-9-13-18-24/h7-13,15-18,22,25-26H,1,14,19-21H2,2-6H3/t25-,26-/m1/s1. The summed E-state index contributed by atoms with van der Waals surface area (Å²) in [4.78, 5) is 2.57. The predicted octanol–water partition coefficient (Wildman–Crippen LogP) is 6.76. The highest BCUT2D eigenvalue weighted by molar-refractivity contribution is 6.69. The van der Waals surface area contributed by atoms with Gasteiger partial charge in [-0.3, -0.25) is 4.90 Å². The van der Waals surface area contributed by atoms with E-state index in [1.54, 1.807) is 0 Å². The number of benzene rings is 2. The summed E-state index contributed by atoms with van der Waals surface area (Å²) in [5.41, 5.74) is 2.71. The van der Waals surface area contributed by atoms with Crippen LogP contribution in [0.15, 0.2) is 73.3 Å². The van der Waals surface area contributed by atoms with Crippen molar-refractivity contribution in [3.8, 4) is 0 Å². The minimum atomic E-state index is -1.63. The number of hydrogen-bond donors (Lipinski definition) is 0. The lowest BCUT2D eigenvalue weighted by Crippen LogP contribution is -2.43. The molecule has 3 heteroatoms. The largest absolute Gasteiger partial charge is 0.414 e. The van der Waals surface area contributed by atoms with Crippen LogP contribution in [0, 0.1) is 11.8 Å². The first-order chi connectivity index (χ1) is 13.8. The van der Waals surface area contributed by atoms with E-state index in [0.717, 1.165) is 26.1 Å². The van der Waals surface area contributed by atoms with Gasteiger partial charge in [-0.25, -0.2) is 0 Å². The summed E-state index contributed by atoms with van der Waals surface area (Å²) in [6.07, 6.45) is 3.30. The van der Waals surface area contributed by atoms with Gasteiger partial charge in [-0.1, -0.05) is 80.6 Å². The molecule has 0 fully saturated rings. The Morgan fingerprint density at radius 2 is 1.38 bits per heavy atom. The quantitative estimate of drug-likeness (QED) is 0.284. The van der Waals surface area contributed by atoms with Gasteiger partial charge < -0.3 is 4.43 Å². The lowest BCUT2D eigenvalue weighted by Gasteiger charge is -2.38. The third-order valence-corrected chi connectivity index (χ3v) is 6.05. The first-order valence-electron chi connectivity index (χ1n) is 10.9. The van der Waals surface area contributed by atoms with E-state index in [2.05, 4.69) is 112 Å². The SMILES string of the molecule is C=CC[C@H](CN(Cc1ccccc1)Cc1ccccc1)[C@H](O[Si](C)(C)C)C(C)C. The smallest absolute Gasteiger partial charge is 0.184 e. The molecule has 0 bridgehead atoms. The number of hydrogen-bond acceptors (Lipinski definition) is 2. The van der Waals surface area contributed by atoms with E-state index in [1.165, 1.54) is 11.1 Å². The topological polar surface area (TPSA) is 12.5 Å². The first kappa shape index (κ1) is 23.6. The summed E-state index contributed by atoms with van der Waals surface area (Å²) in [7, 11) is -1.63. The van der Waals surface area contributed by atoms with Crippen LogP contribution >= 0.6 is 0 Å². The molecule has 0 spiro atoms. The van der Waals surface area contributed by atoms with Gasteiger partial charge in [-0.05, 0) is 43.1 Å². The molecule has 2 aromatic rings. The second kappa shape index (κ2) is 11.5. The van der Waals surface area contributed by atoms with Crippen molar-refractivity contribution >= 4 is 8.32 Å². The number of nitrogens with zero attached hydrogens (tertiary/aromatic N) is 1. The monoisotopic (exact) mass is 409 g/mol. The summed E-state index contributed by atoms with van der Waals surface area (Å²) in [6.45, 7) is 18.4. The number of allylic oxidation sites excluding steroid dienone is 1. The van der Waals surface area contributed by atoms with Gasteiger partial charge in [0.05, 0.1) is 6.10 Å². The second-order valence-corrected chi connectivity index (χ2v) is 13.8. The molecule has 29 heavy (non-hydrogen) atoms. The molecule has 0 heterocycles. The van der Waals surface area contributed by atoms with Crippen LogP contribution in [0.2, 0.25) is 19.6 Å². The molecule has 2 nitrogen and oxygen atoms in total. The van der Waals surface area contributed by atoms with Crippen LogP contribution in [0.25, 0.3) is 0 Å². The van der Waals surface area contributed by atoms with E-state index < -0.39 is 8.32 Å². The molecular formula is C26H39NOSi. The van der Waals surface area contributed by atoms with Crippen LogP contribution < -0.4 is 0 Å². The van der Waals surface area contributed by atoms with Crippen molar-refractivity contribution in [3.05, 3.63) is 84.4 Å². The van der Waals surface area contributed by atoms with Crippen LogP contribution in [0.5, 0.6) is 0 Å². The van der Waals surface area contributed by atoms with E-state index >= 15 is 0 Å². The van der Waals surface area contributed by atoms with Crippen molar-refractivity contribution < 1.29 is 4.43 Å². The molecule has 0 aromatic heterocycles.